The highest BCUT2D eigenvalue weighted by molar-refractivity contribution is 5.97. The maximum atomic E-state index is 12.9. The van der Waals surface area contributed by atoms with Gasteiger partial charge in [-0.25, -0.2) is 0 Å². The molecule has 1 aromatic carbocycles. The number of nitrogens with zero attached hydrogens (tertiary/aromatic N) is 1. The van der Waals surface area contributed by atoms with Crippen molar-refractivity contribution in [2.45, 2.75) is 58.9 Å². The molecule has 2 rings (SSSR count). The van der Waals surface area contributed by atoms with E-state index >= 15 is 0 Å². The lowest BCUT2D eigenvalue weighted by Crippen LogP contribution is -2.54. The molecule has 4 heteroatoms. The van der Waals surface area contributed by atoms with Gasteiger partial charge in [-0.05, 0) is 64.6 Å². The second-order valence-corrected chi connectivity index (χ2v) is 7.44. The van der Waals surface area contributed by atoms with E-state index in [1.165, 1.54) is 11.1 Å². The van der Waals surface area contributed by atoms with Gasteiger partial charge in [0, 0.05) is 24.4 Å². The molecule has 1 amide bonds. The third-order valence-corrected chi connectivity index (χ3v) is 4.74. The third kappa shape index (κ3) is 4.37. The van der Waals surface area contributed by atoms with Crippen LogP contribution in [-0.4, -0.2) is 37.7 Å². The highest BCUT2D eigenvalue weighted by Crippen LogP contribution is 2.43. The Morgan fingerprint density at radius 3 is 2.88 bits per heavy atom. The number of benzene rings is 1. The first-order valence-corrected chi connectivity index (χ1v) is 9.09. The van der Waals surface area contributed by atoms with Gasteiger partial charge in [-0.3, -0.25) is 4.79 Å². The van der Waals surface area contributed by atoms with Crippen LogP contribution in [0.3, 0.4) is 0 Å². The van der Waals surface area contributed by atoms with E-state index in [0.717, 1.165) is 38.3 Å². The molecule has 1 aliphatic rings. The highest BCUT2D eigenvalue weighted by atomic mass is 16.5. The fourth-order valence-electron chi connectivity index (χ4n) is 3.74. The number of hydrogen-bond acceptors (Lipinski definition) is 3. The minimum atomic E-state index is -0.161. The van der Waals surface area contributed by atoms with Gasteiger partial charge in [-0.2, -0.15) is 0 Å². The number of ether oxygens (including phenoxy) is 1. The fraction of sp³-hybridized carbons (Fsp3) is 0.650. The molecular formula is C20H32N2O2. The summed E-state index contributed by atoms with van der Waals surface area (Å²) in [6.07, 6.45) is 1.91. The minimum Gasteiger partial charge on any atom is -0.382 e. The number of amides is 1. The summed E-state index contributed by atoms with van der Waals surface area (Å²) in [5.74, 6) is 0.617. The molecule has 0 aliphatic carbocycles. The number of carbonyl (C=O) groups excluding carboxylic acids is 1. The predicted octanol–water partition coefficient (Wildman–Crippen LogP) is 3.63. The van der Waals surface area contributed by atoms with Crippen LogP contribution in [0.4, 0.5) is 5.69 Å². The first kappa shape index (κ1) is 18.9. The Bertz CT molecular complexity index is 569. The second kappa shape index (κ2) is 8.13. The zero-order chi connectivity index (χ0) is 17.7. The van der Waals surface area contributed by atoms with Crippen LogP contribution in [0, 0.1) is 6.92 Å². The maximum Gasteiger partial charge on any atom is 0.241 e. The largest absolute Gasteiger partial charge is 0.382 e. The molecule has 1 aromatic rings. The normalized spacial score (nSPS) is 19.2. The van der Waals surface area contributed by atoms with Crippen LogP contribution < -0.4 is 10.2 Å². The quantitative estimate of drug-likeness (QED) is 0.775. The molecule has 24 heavy (non-hydrogen) atoms. The summed E-state index contributed by atoms with van der Waals surface area (Å²) in [6, 6.07) is 6.43. The van der Waals surface area contributed by atoms with Gasteiger partial charge in [0.05, 0.1) is 6.54 Å². The van der Waals surface area contributed by atoms with Crippen molar-refractivity contribution in [1.29, 1.82) is 0 Å². The van der Waals surface area contributed by atoms with Crippen LogP contribution >= 0.6 is 0 Å². The van der Waals surface area contributed by atoms with Crippen molar-refractivity contribution < 1.29 is 9.53 Å². The molecule has 0 spiro atoms. The van der Waals surface area contributed by atoms with Gasteiger partial charge >= 0.3 is 0 Å². The van der Waals surface area contributed by atoms with E-state index in [1.54, 1.807) is 0 Å². The molecule has 0 saturated heterocycles. The zero-order valence-electron chi connectivity index (χ0n) is 15.8. The number of aryl methyl sites for hydroxylation is 1. The molecule has 0 radical (unpaired) electrons. The summed E-state index contributed by atoms with van der Waals surface area (Å²) in [4.78, 5) is 14.9. The van der Waals surface area contributed by atoms with Gasteiger partial charge in [0.15, 0.2) is 0 Å². The van der Waals surface area contributed by atoms with E-state index in [2.05, 4.69) is 51.2 Å². The van der Waals surface area contributed by atoms with Crippen LogP contribution in [0.5, 0.6) is 0 Å². The summed E-state index contributed by atoms with van der Waals surface area (Å²) in [5, 5.41) is 3.26. The zero-order valence-corrected chi connectivity index (χ0v) is 15.8. The molecule has 1 N–H and O–H groups in total. The molecule has 0 bridgehead atoms. The Kier molecular flexibility index (Phi) is 6.41. The maximum absolute atomic E-state index is 12.9. The predicted molar refractivity (Wildman–Crippen MR) is 99.8 cm³/mol. The number of hydrogen-bond donors (Lipinski definition) is 1. The van der Waals surface area contributed by atoms with Crippen molar-refractivity contribution in [3.05, 3.63) is 29.3 Å². The smallest absolute Gasteiger partial charge is 0.241 e. The minimum absolute atomic E-state index is 0.147. The van der Waals surface area contributed by atoms with E-state index in [0.29, 0.717) is 12.5 Å². The molecule has 1 unspecified atom stereocenters. The Morgan fingerprint density at radius 2 is 2.17 bits per heavy atom. The molecule has 0 aromatic heterocycles. The van der Waals surface area contributed by atoms with Gasteiger partial charge in [0.25, 0.3) is 0 Å². The van der Waals surface area contributed by atoms with Crippen molar-refractivity contribution in [2.75, 3.05) is 31.2 Å². The summed E-state index contributed by atoms with van der Waals surface area (Å²) >= 11 is 0. The van der Waals surface area contributed by atoms with Crippen LogP contribution in [-0.2, 0) is 9.53 Å². The van der Waals surface area contributed by atoms with Crippen molar-refractivity contribution >= 4 is 11.6 Å². The van der Waals surface area contributed by atoms with Gasteiger partial charge in [0.2, 0.25) is 5.91 Å². The lowest BCUT2D eigenvalue weighted by Gasteiger charge is -2.46. The summed E-state index contributed by atoms with van der Waals surface area (Å²) in [6.45, 7) is 13.4. The average Bonchev–Trinajstić information content (AvgIpc) is 2.50. The van der Waals surface area contributed by atoms with E-state index in [9.17, 15) is 4.79 Å². The van der Waals surface area contributed by atoms with E-state index < -0.39 is 0 Å². The van der Waals surface area contributed by atoms with Gasteiger partial charge in [0.1, 0.15) is 0 Å². The highest BCUT2D eigenvalue weighted by Gasteiger charge is 2.39. The number of carbonyl (C=O) groups is 1. The standard InChI is InChI=1S/C20H32N2O2/c1-6-24-11-7-10-21-14-19(23)22-18-9-8-15(2)12-17(18)16(3)13-20(22,4)5/h8-9,12,16,21H,6-7,10-11,13-14H2,1-5H3. The van der Waals surface area contributed by atoms with Crippen LogP contribution in [0.15, 0.2) is 18.2 Å². The Labute approximate surface area is 146 Å². The number of fused-ring (bicyclic) bond motifs is 1. The number of nitrogens with one attached hydrogen (secondary N) is 1. The topological polar surface area (TPSA) is 41.6 Å². The van der Waals surface area contributed by atoms with Gasteiger partial charge in [-0.15, -0.1) is 0 Å². The SMILES string of the molecule is CCOCCCNCC(=O)N1c2ccc(C)cc2C(C)CC1(C)C. The monoisotopic (exact) mass is 332 g/mol. The molecule has 4 nitrogen and oxygen atoms in total. The van der Waals surface area contributed by atoms with Crippen molar-refractivity contribution in [3.8, 4) is 0 Å². The lowest BCUT2D eigenvalue weighted by atomic mass is 9.79. The number of anilines is 1. The van der Waals surface area contributed by atoms with Crippen molar-refractivity contribution in [1.82, 2.24) is 5.32 Å². The Hall–Kier alpha value is -1.39. The molecule has 134 valence electrons. The van der Waals surface area contributed by atoms with Crippen molar-refractivity contribution in [2.24, 2.45) is 0 Å². The molecular weight excluding hydrogens is 300 g/mol. The Morgan fingerprint density at radius 1 is 1.42 bits per heavy atom. The van der Waals surface area contributed by atoms with Gasteiger partial charge < -0.3 is 15.0 Å². The molecule has 1 atom stereocenters. The first-order valence-electron chi connectivity index (χ1n) is 9.09. The Balaban J connectivity index is 2.07. The molecule has 1 heterocycles. The summed E-state index contributed by atoms with van der Waals surface area (Å²) in [5.41, 5.74) is 3.46. The molecule has 1 aliphatic heterocycles. The van der Waals surface area contributed by atoms with Gasteiger partial charge in [-0.1, -0.05) is 24.6 Å². The van der Waals surface area contributed by atoms with Crippen LogP contribution in [0.25, 0.3) is 0 Å². The van der Waals surface area contributed by atoms with Crippen molar-refractivity contribution in [3.63, 3.8) is 0 Å². The van der Waals surface area contributed by atoms with Crippen LogP contribution in [0.2, 0.25) is 0 Å². The number of rotatable bonds is 7. The molecule has 0 saturated carbocycles. The lowest BCUT2D eigenvalue weighted by molar-refractivity contribution is -0.119. The summed E-state index contributed by atoms with van der Waals surface area (Å²) < 4.78 is 5.32. The second-order valence-electron chi connectivity index (χ2n) is 7.44. The van der Waals surface area contributed by atoms with E-state index in [4.69, 9.17) is 4.74 Å². The van der Waals surface area contributed by atoms with E-state index in [1.807, 2.05) is 11.8 Å². The fourth-order valence-corrected chi connectivity index (χ4v) is 3.74. The first-order chi connectivity index (χ1) is 11.4. The molecule has 0 fully saturated rings. The third-order valence-electron chi connectivity index (χ3n) is 4.74. The summed E-state index contributed by atoms with van der Waals surface area (Å²) in [7, 11) is 0. The average molecular weight is 332 g/mol. The van der Waals surface area contributed by atoms with E-state index in [-0.39, 0.29) is 11.4 Å². The van der Waals surface area contributed by atoms with Crippen LogP contribution in [0.1, 0.15) is 57.6 Å².